The molecule has 0 radical (unpaired) electrons. The van der Waals surface area contributed by atoms with Crippen molar-refractivity contribution in [3.8, 4) is 0 Å². The second-order valence-corrected chi connectivity index (χ2v) is 4.30. The highest BCUT2D eigenvalue weighted by Crippen LogP contribution is 2.07. The number of hydrogen-bond donors (Lipinski definition) is 2. The van der Waals surface area contributed by atoms with Crippen LogP contribution in [0.15, 0.2) is 28.8 Å². The number of hydrogen-bond acceptors (Lipinski definition) is 5. The molecule has 110 valence electrons. The minimum Gasteiger partial charge on any atom is -0.480 e. The average molecular weight is 290 g/mol. The fraction of sp³-hybridized carbons (Fsp3) is 0.231. The lowest BCUT2D eigenvalue weighted by Crippen LogP contribution is -2.20. The van der Waals surface area contributed by atoms with Crippen LogP contribution >= 0.6 is 0 Å². The van der Waals surface area contributed by atoms with E-state index in [1.165, 1.54) is 17.0 Å². The Balaban J connectivity index is 1.82. The van der Waals surface area contributed by atoms with Crippen molar-refractivity contribution >= 4 is 18.0 Å². The topological polar surface area (TPSA) is 110 Å². The molecule has 8 nitrogen and oxygen atoms in total. The summed E-state index contributed by atoms with van der Waals surface area (Å²) in [5.41, 5.74) is 0.479. The molecule has 1 amide bonds. The summed E-state index contributed by atoms with van der Waals surface area (Å²) in [5, 5.41) is 18.6. The smallest absolute Gasteiger partial charge is 0.325 e. The van der Waals surface area contributed by atoms with Crippen molar-refractivity contribution in [3.63, 3.8) is 0 Å². The number of carboxylic acid groups (broad SMARTS) is 1. The summed E-state index contributed by atoms with van der Waals surface area (Å²) in [6, 6.07) is 3.56. The Bertz CT molecular complexity index is 671. The van der Waals surface area contributed by atoms with Gasteiger partial charge in [0.2, 0.25) is 5.91 Å². The second kappa shape index (κ2) is 6.51. The number of aromatic nitrogens is 3. The molecule has 0 bridgehead atoms. The van der Waals surface area contributed by atoms with Gasteiger partial charge in [-0.25, -0.2) is 4.68 Å². The Labute approximate surface area is 120 Å². The maximum Gasteiger partial charge on any atom is 0.325 e. The van der Waals surface area contributed by atoms with Crippen molar-refractivity contribution in [1.29, 1.82) is 0 Å². The summed E-state index contributed by atoms with van der Waals surface area (Å²) in [7, 11) is 0. The summed E-state index contributed by atoms with van der Waals surface area (Å²) in [6.07, 6.45) is 4.37. The van der Waals surface area contributed by atoms with E-state index in [2.05, 4.69) is 15.6 Å². The van der Waals surface area contributed by atoms with Crippen LogP contribution in [0.25, 0.3) is 6.08 Å². The van der Waals surface area contributed by atoms with Gasteiger partial charge in [0, 0.05) is 6.08 Å². The maximum atomic E-state index is 11.6. The van der Waals surface area contributed by atoms with E-state index < -0.39 is 5.97 Å². The Kier molecular flexibility index (Phi) is 4.50. The third-order valence-electron chi connectivity index (χ3n) is 2.49. The number of nitrogens with zero attached hydrogens (tertiary/aromatic N) is 3. The fourth-order valence-electron chi connectivity index (χ4n) is 1.57. The minimum absolute atomic E-state index is 0.167. The molecule has 8 heteroatoms. The van der Waals surface area contributed by atoms with Gasteiger partial charge in [0.1, 0.15) is 23.8 Å². The Morgan fingerprint density at radius 3 is 2.95 bits per heavy atom. The molecule has 0 atom stereocenters. The molecule has 0 fully saturated rings. The number of carbonyl (C=O) groups excluding carboxylic acids is 1. The van der Waals surface area contributed by atoms with Crippen molar-refractivity contribution in [2.75, 3.05) is 0 Å². The van der Waals surface area contributed by atoms with Crippen LogP contribution in [0, 0.1) is 6.92 Å². The van der Waals surface area contributed by atoms with Crippen LogP contribution < -0.4 is 5.32 Å². The van der Waals surface area contributed by atoms with Gasteiger partial charge >= 0.3 is 5.97 Å². The molecule has 2 aromatic rings. The van der Waals surface area contributed by atoms with Gasteiger partial charge < -0.3 is 14.8 Å². The normalized spacial score (nSPS) is 10.9. The van der Waals surface area contributed by atoms with Crippen LogP contribution in [0.4, 0.5) is 0 Å². The zero-order valence-corrected chi connectivity index (χ0v) is 11.3. The highest BCUT2D eigenvalue weighted by atomic mass is 16.4. The van der Waals surface area contributed by atoms with Crippen LogP contribution in [0.5, 0.6) is 0 Å². The maximum absolute atomic E-state index is 11.6. The molecule has 0 aliphatic rings. The third kappa shape index (κ3) is 4.60. The zero-order valence-electron chi connectivity index (χ0n) is 11.3. The predicted octanol–water partition coefficient (Wildman–Crippen LogP) is 0.594. The van der Waals surface area contributed by atoms with Crippen LogP contribution in [0.3, 0.4) is 0 Å². The highest BCUT2D eigenvalue weighted by molar-refractivity contribution is 5.91. The standard InChI is InChI=1S/C13H14N4O4/c1-9-2-3-11(21-9)4-5-12(18)14-6-10-7-17(16-15-10)8-13(19)20/h2-5,7H,6,8H2,1H3,(H,14,18)(H,19,20)/b5-4+. The van der Waals surface area contributed by atoms with Gasteiger partial charge in [0.05, 0.1) is 12.7 Å². The molecular formula is C13H14N4O4. The van der Waals surface area contributed by atoms with Gasteiger partial charge in [-0.3, -0.25) is 9.59 Å². The average Bonchev–Trinajstić information content (AvgIpc) is 3.02. The first kappa shape index (κ1) is 14.5. The lowest BCUT2D eigenvalue weighted by atomic mass is 10.3. The Morgan fingerprint density at radius 1 is 1.48 bits per heavy atom. The molecule has 2 heterocycles. The number of amides is 1. The zero-order chi connectivity index (χ0) is 15.2. The van der Waals surface area contributed by atoms with E-state index in [0.717, 1.165) is 5.76 Å². The van der Waals surface area contributed by atoms with Crippen LogP contribution in [0.1, 0.15) is 17.2 Å². The largest absolute Gasteiger partial charge is 0.480 e. The van der Waals surface area contributed by atoms with Gasteiger partial charge in [0.25, 0.3) is 0 Å². The van der Waals surface area contributed by atoms with E-state index in [1.807, 2.05) is 6.92 Å². The van der Waals surface area contributed by atoms with E-state index in [4.69, 9.17) is 9.52 Å². The van der Waals surface area contributed by atoms with Gasteiger partial charge in [-0.1, -0.05) is 5.21 Å². The molecule has 0 unspecified atom stereocenters. The van der Waals surface area contributed by atoms with Gasteiger partial charge in [-0.15, -0.1) is 5.10 Å². The molecule has 0 aliphatic heterocycles. The first-order valence-corrected chi connectivity index (χ1v) is 6.16. The van der Waals surface area contributed by atoms with Crippen molar-refractivity contribution in [1.82, 2.24) is 20.3 Å². The molecule has 2 aromatic heterocycles. The Morgan fingerprint density at radius 2 is 2.29 bits per heavy atom. The van der Waals surface area contributed by atoms with E-state index in [1.54, 1.807) is 18.2 Å². The Hall–Kier alpha value is -2.90. The lowest BCUT2D eigenvalue weighted by molar-refractivity contribution is -0.137. The molecular weight excluding hydrogens is 276 g/mol. The molecule has 2 N–H and O–H groups in total. The summed E-state index contributed by atoms with van der Waals surface area (Å²) >= 11 is 0. The van der Waals surface area contributed by atoms with Gasteiger partial charge in [-0.2, -0.15) is 0 Å². The predicted molar refractivity (Wildman–Crippen MR) is 72.0 cm³/mol. The quantitative estimate of drug-likeness (QED) is 0.753. The third-order valence-corrected chi connectivity index (χ3v) is 2.49. The number of nitrogens with one attached hydrogen (secondary N) is 1. The van der Waals surface area contributed by atoms with E-state index in [0.29, 0.717) is 11.5 Å². The summed E-state index contributed by atoms with van der Waals surface area (Å²) in [4.78, 5) is 22.1. The number of aliphatic carboxylic acids is 1. The van der Waals surface area contributed by atoms with E-state index in [9.17, 15) is 9.59 Å². The molecule has 21 heavy (non-hydrogen) atoms. The van der Waals surface area contributed by atoms with Crippen molar-refractivity contribution in [2.45, 2.75) is 20.0 Å². The van der Waals surface area contributed by atoms with E-state index in [-0.39, 0.29) is 19.0 Å². The molecule has 0 spiro atoms. The highest BCUT2D eigenvalue weighted by Gasteiger charge is 2.05. The van der Waals surface area contributed by atoms with E-state index >= 15 is 0 Å². The summed E-state index contributed by atoms with van der Waals surface area (Å²) in [5.74, 6) is 0.0455. The number of furan rings is 1. The number of rotatable bonds is 6. The van der Waals surface area contributed by atoms with Crippen molar-refractivity contribution < 1.29 is 19.1 Å². The van der Waals surface area contributed by atoms with Crippen molar-refractivity contribution in [2.24, 2.45) is 0 Å². The van der Waals surface area contributed by atoms with Gasteiger partial charge in [0.15, 0.2) is 0 Å². The van der Waals surface area contributed by atoms with Gasteiger partial charge in [-0.05, 0) is 25.1 Å². The number of aryl methyl sites for hydroxylation is 1. The van der Waals surface area contributed by atoms with Crippen LogP contribution in [-0.4, -0.2) is 32.0 Å². The monoisotopic (exact) mass is 290 g/mol. The molecule has 0 aliphatic carbocycles. The van der Waals surface area contributed by atoms with Crippen LogP contribution in [-0.2, 0) is 22.7 Å². The minimum atomic E-state index is -1.01. The second-order valence-electron chi connectivity index (χ2n) is 4.30. The SMILES string of the molecule is Cc1ccc(/C=C/C(=O)NCc2cn(CC(=O)O)nn2)o1. The van der Waals surface area contributed by atoms with Crippen LogP contribution in [0.2, 0.25) is 0 Å². The molecule has 0 aromatic carbocycles. The first-order chi connectivity index (χ1) is 10.0. The summed E-state index contributed by atoms with van der Waals surface area (Å²) < 4.78 is 6.47. The fourth-order valence-corrected chi connectivity index (χ4v) is 1.57. The first-order valence-electron chi connectivity index (χ1n) is 6.16. The lowest BCUT2D eigenvalue weighted by Gasteiger charge is -1.97. The van der Waals surface area contributed by atoms with Crippen molar-refractivity contribution in [3.05, 3.63) is 41.6 Å². The number of carboxylic acids is 1. The molecule has 0 saturated carbocycles. The number of carbonyl (C=O) groups is 2. The molecule has 2 rings (SSSR count). The molecule has 0 saturated heterocycles. The summed E-state index contributed by atoms with van der Waals surface area (Å²) in [6.45, 7) is 1.72.